The molecule has 1 saturated heterocycles. The largest absolute Gasteiger partial charge is 0.341 e. The lowest BCUT2D eigenvalue weighted by atomic mass is 10.0. The van der Waals surface area contributed by atoms with Crippen molar-refractivity contribution in [2.75, 3.05) is 18.6 Å². The molecular formula is C25H33N5O4S. The van der Waals surface area contributed by atoms with Crippen molar-refractivity contribution in [1.29, 1.82) is 0 Å². The molecule has 1 fully saturated rings. The van der Waals surface area contributed by atoms with Gasteiger partial charge in [0, 0.05) is 43.3 Å². The zero-order valence-electron chi connectivity index (χ0n) is 21.0. The lowest BCUT2D eigenvalue weighted by molar-refractivity contribution is -0.130. The highest BCUT2D eigenvalue weighted by atomic mass is 32.2. The van der Waals surface area contributed by atoms with Crippen LogP contribution in [0, 0.1) is 13.8 Å². The zero-order chi connectivity index (χ0) is 25.3. The van der Waals surface area contributed by atoms with E-state index in [-0.39, 0.29) is 29.9 Å². The highest BCUT2D eigenvalue weighted by Crippen LogP contribution is 2.27. The van der Waals surface area contributed by atoms with Gasteiger partial charge in [0.25, 0.3) is 0 Å². The van der Waals surface area contributed by atoms with Crippen LogP contribution in [0.15, 0.2) is 28.8 Å². The highest BCUT2D eigenvalue weighted by molar-refractivity contribution is 7.91. The van der Waals surface area contributed by atoms with E-state index in [4.69, 9.17) is 4.52 Å². The molecule has 0 unspecified atom stereocenters. The van der Waals surface area contributed by atoms with Gasteiger partial charge in [-0.15, -0.1) is 0 Å². The molecule has 1 atom stereocenters. The molecule has 0 N–H and O–H groups in total. The van der Waals surface area contributed by atoms with E-state index in [1.807, 2.05) is 30.7 Å². The molecule has 0 bridgehead atoms. The summed E-state index contributed by atoms with van der Waals surface area (Å²) >= 11 is 0. The smallest absolute Gasteiger partial charge is 0.227 e. The van der Waals surface area contributed by atoms with Crippen molar-refractivity contribution in [2.45, 2.75) is 65.5 Å². The fourth-order valence-corrected chi connectivity index (χ4v) is 6.16. The molecule has 2 aromatic heterocycles. The Bertz CT molecular complexity index is 1310. The van der Waals surface area contributed by atoms with Crippen molar-refractivity contribution in [3.05, 3.63) is 52.7 Å². The number of amides is 1. The van der Waals surface area contributed by atoms with E-state index in [1.165, 1.54) is 5.56 Å². The summed E-state index contributed by atoms with van der Waals surface area (Å²) in [6.07, 6.45) is 1.18. The number of hydrogen-bond donors (Lipinski definition) is 0. The molecule has 0 spiro atoms. The van der Waals surface area contributed by atoms with Crippen LogP contribution in [0.2, 0.25) is 0 Å². The topological polar surface area (TPSA) is 111 Å². The average Bonchev–Trinajstić information content (AvgIpc) is 3.51. The summed E-state index contributed by atoms with van der Waals surface area (Å²) in [5.41, 5.74) is 4.81. The van der Waals surface area contributed by atoms with Crippen molar-refractivity contribution in [3.8, 4) is 11.4 Å². The lowest BCUT2D eigenvalue weighted by Crippen LogP contribution is -2.27. The standard InChI is InChI=1S/C25H33N5O4S/c1-16(2)19-6-8-20(9-7-19)25-26-23(34-28-25)10-11-24(31)29(5)14-22-17(3)27-30(18(22)4)21-12-13-35(32,33)15-21/h6-9,16,21H,10-15H2,1-5H3/t21-/m1/s1. The van der Waals surface area contributed by atoms with Crippen molar-refractivity contribution >= 4 is 15.7 Å². The van der Waals surface area contributed by atoms with Crippen LogP contribution in [0.25, 0.3) is 11.4 Å². The first-order chi connectivity index (χ1) is 16.5. The Morgan fingerprint density at radius 3 is 2.57 bits per heavy atom. The summed E-state index contributed by atoms with van der Waals surface area (Å²) in [7, 11) is -1.24. The minimum Gasteiger partial charge on any atom is -0.341 e. The second-order valence-electron chi connectivity index (χ2n) is 9.69. The van der Waals surface area contributed by atoms with Gasteiger partial charge in [0.2, 0.25) is 17.6 Å². The number of carbonyl (C=O) groups is 1. The van der Waals surface area contributed by atoms with Crippen LogP contribution in [0.3, 0.4) is 0 Å². The first-order valence-electron chi connectivity index (χ1n) is 12.0. The summed E-state index contributed by atoms with van der Waals surface area (Å²) < 4.78 is 31.0. The van der Waals surface area contributed by atoms with Crippen molar-refractivity contribution in [3.63, 3.8) is 0 Å². The van der Waals surface area contributed by atoms with E-state index >= 15 is 0 Å². The minimum atomic E-state index is -3.00. The number of rotatable bonds is 8. The minimum absolute atomic E-state index is 0.0407. The van der Waals surface area contributed by atoms with Crippen LogP contribution < -0.4 is 0 Å². The zero-order valence-corrected chi connectivity index (χ0v) is 21.8. The van der Waals surface area contributed by atoms with E-state index in [0.717, 1.165) is 22.5 Å². The average molecular weight is 500 g/mol. The normalized spacial score (nSPS) is 17.3. The fourth-order valence-electron chi connectivity index (χ4n) is 4.47. The first kappa shape index (κ1) is 25.1. The van der Waals surface area contributed by atoms with Gasteiger partial charge in [-0.2, -0.15) is 10.1 Å². The lowest BCUT2D eigenvalue weighted by Gasteiger charge is -2.18. The van der Waals surface area contributed by atoms with Gasteiger partial charge in [-0.3, -0.25) is 9.48 Å². The fraction of sp³-hybridized carbons (Fsp3) is 0.520. The van der Waals surface area contributed by atoms with Crippen molar-refractivity contribution in [1.82, 2.24) is 24.8 Å². The van der Waals surface area contributed by atoms with Gasteiger partial charge in [-0.25, -0.2) is 8.42 Å². The molecule has 4 rings (SSSR count). The molecule has 3 heterocycles. The van der Waals surface area contributed by atoms with Gasteiger partial charge < -0.3 is 9.42 Å². The number of hydrogen-bond acceptors (Lipinski definition) is 7. The summed E-state index contributed by atoms with van der Waals surface area (Å²) in [6, 6.07) is 7.95. The maximum atomic E-state index is 12.8. The molecule has 0 radical (unpaired) electrons. The van der Waals surface area contributed by atoms with E-state index in [0.29, 0.717) is 37.0 Å². The van der Waals surface area contributed by atoms with Gasteiger partial charge in [-0.1, -0.05) is 43.3 Å². The van der Waals surface area contributed by atoms with Crippen LogP contribution in [0.4, 0.5) is 0 Å². The summed E-state index contributed by atoms with van der Waals surface area (Å²) in [5, 5.41) is 8.65. The molecule has 188 valence electrons. The Morgan fingerprint density at radius 2 is 1.94 bits per heavy atom. The maximum absolute atomic E-state index is 12.8. The third kappa shape index (κ3) is 5.63. The SMILES string of the molecule is Cc1nn([C@@H]2CCS(=O)(=O)C2)c(C)c1CN(C)C(=O)CCc1nc(-c2ccc(C(C)C)cc2)no1. The van der Waals surface area contributed by atoms with E-state index in [9.17, 15) is 13.2 Å². The highest BCUT2D eigenvalue weighted by Gasteiger charge is 2.31. The Labute approximate surface area is 206 Å². The molecule has 9 nitrogen and oxygen atoms in total. The maximum Gasteiger partial charge on any atom is 0.227 e. The summed E-state index contributed by atoms with van der Waals surface area (Å²) in [5.74, 6) is 1.68. The van der Waals surface area contributed by atoms with Gasteiger partial charge in [0.1, 0.15) is 0 Å². The Hall–Kier alpha value is -3.01. The number of nitrogens with zero attached hydrogens (tertiary/aromatic N) is 5. The van der Waals surface area contributed by atoms with Crippen LogP contribution in [-0.2, 0) is 27.6 Å². The number of carbonyl (C=O) groups excluding carboxylic acids is 1. The van der Waals surface area contributed by atoms with Gasteiger partial charge >= 0.3 is 0 Å². The first-order valence-corrected chi connectivity index (χ1v) is 13.8. The van der Waals surface area contributed by atoms with Gasteiger partial charge in [0.05, 0.1) is 23.2 Å². The second kappa shape index (κ2) is 9.93. The van der Waals surface area contributed by atoms with Crippen molar-refractivity contribution in [2.24, 2.45) is 0 Å². The van der Waals surface area contributed by atoms with Crippen LogP contribution in [0.1, 0.15) is 67.1 Å². The molecule has 1 aromatic carbocycles. The predicted molar refractivity (Wildman–Crippen MR) is 133 cm³/mol. The molecule has 35 heavy (non-hydrogen) atoms. The van der Waals surface area contributed by atoms with E-state index in [2.05, 4.69) is 41.2 Å². The molecule has 0 saturated carbocycles. The van der Waals surface area contributed by atoms with Gasteiger partial charge in [0.15, 0.2) is 9.84 Å². The Kier molecular flexibility index (Phi) is 7.12. The molecule has 10 heteroatoms. The number of benzene rings is 1. The Balaban J connectivity index is 1.35. The van der Waals surface area contributed by atoms with Crippen molar-refractivity contribution < 1.29 is 17.7 Å². The summed E-state index contributed by atoms with van der Waals surface area (Å²) in [6.45, 7) is 8.53. The molecular weight excluding hydrogens is 466 g/mol. The van der Waals surface area contributed by atoms with E-state index < -0.39 is 9.84 Å². The van der Waals surface area contributed by atoms with Crippen LogP contribution >= 0.6 is 0 Å². The molecule has 1 aliphatic rings. The summed E-state index contributed by atoms with van der Waals surface area (Å²) in [4.78, 5) is 18.9. The second-order valence-corrected chi connectivity index (χ2v) is 11.9. The van der Waals surface area contributed by atoms with Gasteiger partial charge in [-0.05, 0) is 31.7 Å². The Morgan fingerprint density at radius 1 is 1.23 bits per heavy atom. The molecule has 1 amide bonds. The predicted octanol–water partition coefficient (Wildman–Crippen LogP) is 3.62. The number of sulfone groups is 1. The van der Waals surface area contributed by atoms with Crippen LogP contribution in [-0.4, -0.2) is 57.7 Å². The van der Waals surface area contributed by atoms with Crippen LogP contribution in [0.5, 0.6) is 0 Å². The number of aromatic nitrogens is 4. The molecule has 1 aliphatic heterocycles. The third-order valence-electron chi connectivity index (χ3n) is 6.71. The van der Waals surface area contributed by atoms with E-state index in [1.54, 1.807) is 11.9 Å². The quantitative estimate of drug-likeness (QED) is 0.465. The third-order valence-corrected chi connectivity index (χ3v) is 8.46. The number of aryl methyl sites for hydroxylation is 2. The molecule has 3 aromatic rings. The molecule has 0 aliphatic carbocycles. The monoisotopic (exact) mass is 499 g/mol.